The smallest absolute Gasteiger partial charge is 0.0409 e. The minimum atomic E-state index is 1.13. The van der Waals surface area contributed by atoms with Crippen LogP contribution in [-0.2, 0) is 0 Å². The van der Waals surface area contributed by atoms with Crippen molar-refractivity contribution in [1.82, 2.24) is 0 Å². The van der Waals surface area contributed by atoms with Gasteiger partial charge in [-0.2, -0.15) is 0 Å². The number of hydrogen-bond acceptors (Lipinski definition) is 2. The fraction of sp³-hybridized carbons (Fsp3) is 0.125. The fourth-order valence-electron chi connectivity index (χ4n) is 1.73. The van der Waals surface area contributed by atoms with E-state index < -0.39 is 0 Å². The molecule has 0 aromatic heterocycles. The average molecular weight is 238 g/mol. The second-order valence-corrected chi connectivity index (χ2v) is 4.25. The number of rotatable bonds is 4. The van der Waals surface area contributed by atoms with Crippen LogP contribution in [0.4, 0.5) is 11.4 Å². The van der Waals surface area contributed by atoms with Gasteiger partial charge >= 0.3 is 0 Å². The summed E-state index contributed by atoms with van der Waals surface area (Å²) in [5.41, 5.74) is 4.72. The number of benzene rings is 2. The number of nitrogens with one attached hydrogen (secondary N) is 2. The molecule has 2 aromatic carbocycles. The van der Waals surface area contributed by atoms with Crippen molar-refractivity contribution in [2.45, 2.75) is 13.8 Å². The van der Waals surface area contributed by atoms with Crippen molar-refractivity contribution in [3.05, 3.63) is 72.1 Å². The van der Waals surface area contributed by atoms with E-state index in [0.29, 0.717) is 0 Å². The van der Waals surface area contributed by atoms with E-state index in [1.807, 2.05) is 36.7 Å². The lowest BCUT2D eigenvalue weighted by Crippen LogP contribution is -1.94. The Morgan fingerprint density at radius 2 is 1.06 bits per heavy atom. The molecule has 18 heavy (non-hydrogen) atoms. The zero-order chi connectivity index (χ0) is 12.8. The van der Waals surface area contributed by atoms with Gasteiger partial charge in [0.2, 0.25) is 0 Å². The maximum absolute atomic E-state index is 3.26. The van der Waals surface area contributed by atoms with Crippen LogP contribution in [0.5, 0.6) is 0 Å². The predicted octanol–water partition coefficient (Wildman–Crippen LogP) is 4.30. The van der Waals surface area contributed by atoms with Crippen molar-refractivity contribution in [1.29, 1.82) is 0 Å². The highest BCUT2D eigenvalue weighted by Crippen LogP contribution is 2.14. The molecule has 2 aromatic rings. The van der Waals surface area contributed by atoms with E-state index in [9.17, 15) is 0 Å². The molecule has 0 spiro atoms. The topological polar surface area (TPSA) is 24.1 Å². The minimum absolute atomic E-state index is 1.13. The number of aryl methyl sites for hydroxylation is 2. The molecule has 0 bridgehead atoms. The maximum Gasteiger partial charge on any atom is 0.0409 e. The highest BCUT2D eigenvalue weighted by Gasteiger charge is 1.93. The SMILES string of the molecule is Cc1ccccc1N/C=C/Nc1ccccc1C. The van der Waals surface area contributed by atoms with Crippen molar-refractivity contribution in [2.75, 3.05) is 10.6 Å². The first-order valence-corrected chi connectivity index (χ1v) is 6.07. The first-order chi connectivity index (χ1) is 8.77. The standard InChI is InChI=1S/C16H18N2/c1-13-7-3-5-9-15(13)17-11-12-18-16-10-6-4-8-14(16)2/h3-12,17-18H,1-2H3/b12-11+. The molecule has 0 radical (unpaired) electrons. The summed E-state index contributed by atoms with van der Waals surface area (Å²) >= 11 is 0. The van der Waals surface area contributed by atoms with Crippen LogP contribution >= 0.6 is 0 Å². The summed E-state index contributed by atoms with van der Waals surface area (Å²) in [4.78, 5) is 0. The molecule has 0 fully saturated rings. The Kier molecular flexibility index (Phi) is 4.02. The molecule has 0 saturated heterocycles. The van der Waals surface area contributed by atoms with Crippen LogP contribution in [-0.4, -0.2) is 0 Å². The van der Waals surface area contributed by atoms with Crippen molar-refractivity contribution >= 4 is 11.4 Å². The van der Waals surface area contributed by atoms with Gasteiger partial charge in [-0.1, -0.05) is 36.4 Å². The molecular formula is C16H18N2. The largest absolute Gasteiger partial charge is 0.360 e. The van der Waals surface area contributed by atoms with Gasteiger partial charge in [0.05, 0.1) is 0 Å². The number of hydrogen-bond donors (Lipinski definition) is 2. The molecule has 0 saturated carbocycles. The van der Waals surface area contributed by atoms with E-state index in [1.165, 1.54) is 11.1 Å². The molecule has 2 N–H and O–H groups in total. The van der Waals surface area contributed by atoms with Gasteiger partial charge in [-0.05, 0) is 37.1 Å². The van der Waals surface area contributed by atoms with Crippen LogP contribution in [0.2, 0.25) is 0 Å². The molecule has 2 rings (SSSR count). The van der Waals surface area contributed by atoms with E-state index in [2.05, 4.69) is 48.7 Å². The van der Waals surface area contributed by atoms with Crippen molar-refractivity contribution in [3.63, 3.8) is 0 Å². The van der Waals surface area contributed by atoms with Crippen molar-refractivity contribution < 1.29 is 0 Å². The van der Waals surface area contributed by atoms with Gasteiger partial charge < -0.3 is 10.6 Å². The quantitative estimate of drug-likeness (QED) is 0.830. The third-order valence-electron chi connectivity index (χ3n) is 2.85. The summed E-state index contributed by atoms with van der Waals surface area (Å²) in [6, 6.07) is 16.4. The van der Waals surface area contributed by atoms with E-state index in [4.69, 9.17) is 0 Å². The average Bonchev–Trinajstić information content (AvgIpc) is 2.38. The van der Waals surface area contributed by atoms with Crippen LogP contribution in [0.25, 0.3) is 0 Å². The summed E-state index contributed by atoms with van der Waals surface area (Å²) in [6.07, 6.45) is 3.82. The second kappa shape index (κ2) is 5.92. The Balaban J connectivity index is 1.94. The van der Waals surface area contributed by atoms with Crippen LogP contribution in [0, 0.1) is 13.8 Å². The van der Waals surface area contributed by atoms with E-state index in [0.717, 1.165) is 11.4 Å². The van der Waals surface area contributed by atoms with Crippen LogP contribution in [0.3, 0.4) is 0 Å². The molecule has 0 aliphatic heterocycles. The molecule has 2 heteroatoms. The summed E-state index contributed by atoms with van der Waals surface area (Å²) in [5, 5.41) is 6.52. The fourth-order valence-corrected chi connectivity index (χ4v) is 1.73. The third kappa shape index (κ3) is 3.14. The minimum Gasteiger partial charge on any atom is -0.360 e. The molecule has 92 valence electrons. The van der Waals surface area contributed by atoms with E-state index in [1.54, 1.807) is 0 Å². The Morgan fingerprint density at radius 1 is 0.667 bits per heavy atom. The zero-order valence-corrected chi connectivity index (χ0v) is 10.8. The monoisotopic (exact) mass is 238 g/mol. The van der Waals surface area contributed by atoms with Crippen molar-refractivity contribution in [2.24, 2.45) is 0 Å². The summed E-state index contributed by atoms with van der Waals surface area (Å²) in [6.45, 7) is 4.18. The van der Waals surface area contributed by atoms with Gasteiger partial charge in [0.1, 0.15) is 0 Å². The molecule has 0 aliphatic carbocycles. The highest BCUT2D eigenvalue weighted by atomic mass is 14.9. The van der Waals surface area contributed by atoms with Crippen LogP contribution < -0.4 is 10.6 Å². The highest BCUT2D eigenvalue weighted by molar-refractivity contribution is 5.54. The van der Waals surface area contributed by atoms with Gasteiger partial charge in [0.15, 0.2) is 0 Å². The summed E-state index contributed by atoms with van der Waals surface area (Å²) in [5.74, 6) is 0. The molecule has 0 amide bonds. The van der Waals surface area contributed by atoms with Gasteiger partial charge in [-0.3, -0.25) is 0 Å². The summed E-state index contributed by atoms with van der Waals surface area (Å²) < 4.78 is 0. The Labute approximate surface area is 108 Å². The zero-order valence-electron chi connectivity index (χ0n) is 10.8. The number of anilines is 2. The lowest BCUT2D eigenvalue weighted by molar-refractivity contribution is 1.41. The maximum atomic E-state index is 3.26. The Bertz CT molecular complexity index is 495. The van der Waals surface area contributed by atoms with Crippen LogP contribution in [0.15, 0.2) is 60.9 Å². The van der Waals surface area contributed by atoms with E-state index in [-0.39, 0.29) is 0 Å². The lowest BCUT2D eigenvalue weighted by Gasteiger charge is -2.06. The van der Waals surface area contributed by atoms with Gasteiger partial charge in [0.25, 0.3) is 0 Å². The van der Waals surface area contributed by atoms with Gasteiger partial charge in [-0.15, -0.1) is 0 Å². The van der Waals surface area contributed by atoms with Gasteiger partial charge in [-0.25, -0.2) is 0 Å². The molecule has 2 nitrogen and oxygen atoms in total. The number of para-hydroxylation sites is 2. The first-order valence-electron chi connectivity index (χ1n) is 6.07. The predicted molar refractivity (Wildman–Crippen MR) is 78.7 cm³/mol. The third-order valence-corrected chi connectivity index (χ3v) is 2.85. The van der Waals surface area contributed by atoms with Crippen LogP contribution in [0.1, 0.15) is 11.1 Å². The normalized spacial score (nSPS) is 10.6. The molecule has 0 atom stereocenters. The Hall–Kier alpha value is -2.22. The molecular weight excluding hydrogens is 220 g/mol. The Morgan fingerprint density at radius 3 is 1.44 bits per heavy atom. The summed E-state index contributed by atoms with van der Waals surface area (Å²) in [7, 11) is 0. The van der Waals surface area contributed by atoms with E-state index >= 15 is 0 Å². The molecule has 0 heterocycles. The second-order valence-electron chi connectivity index (χ2n) is 4.25. The lowest BCUT2D eigenvalue weighted by atomic mass is 10.2. The van der Waals surface area contributed by atoms with Crippen molar-refractivity contribution in [3.8, 4) is 0 Å². The molecule has 0 unspecified atom stereocenters. The molecule has 0 aliphatic rings. The first kappa shape index (κ1) is 12.2. The van der Waals surface area contributed by atoms with Gasteiger partial charge in [0, 0.05) is 23.8 Å².